The van der Waals surface area contributed by atoms with Crippen LogP contribution in [0.2, 0.25) is 0 Å². The molecule has 170 valence electrons. The number of rotatable bonds is 5. The molecule has 1 saturated heterocycles. The van der Waals surface area contributed by atoms with E-state index in [1.54, 1.807) is 18.0 Å². The van der Waals surface area contributed by atoms with Gasteiger partial charge in [0, 0.05) is 18.0 Å². The van der Waals surface area contributed by atoms with E-state index in [1.165, 1.54) is 0 Å². The van der Waals surface area contributed by atoms with Crippen molar-refractivity contribution < 1.29 is 9.53 Å². The van der Waals surface area contributed by atoms with E-state index < -0.39 is 0 Å². The van der Waals surface area contributed by atoms with Crippen LogP contribution in [0.5, 0.6) is 5.75 Å². The molecule has 0 bridgehead atoms. The van der Waals surface area contributed by atoms with Gasteiger partial charge in [-0.3, -0.25) is 14.2 Å². The van der Waals surface area contributed by atoms with E-state index in [2.05, 4.69) is 11.9 Å². The van der Waals surface area contributed by atoms with Crippen molar-refractivity contribution in [2.75, 3.05) is 13.7 Å². The van der Waals surface area contributed by atoms with Crippen LogP contribution in [0.4, 0.5) is 0 Å². The second-order valence-electron chi connectivity index (χ2n) is 8.76. The molecule has 1 aliphatic rings. The highest BCUT2D eigenvalue weighted by atomic mass is 16.5. The lowest BCUT2D eigenvalue weighted by Gasteiger charge is -2.33. The van der Waals surface area contributed by atoms with E-state index in [0.717, 1.165) is 48.0 Å². The summed E-state index contributed by atoms with van der Waals surface area (Å²) in [7, 11) is 1.63. The van der Waals surface area contributed by atoms with Crippen LogP contribution in [-0.2, 0) is 17.9 Å². The highest BCUT2D eigenvalue weighted by Gasteiger charge is 2.25. The van der Waals surface area contributed by atoms with Crippen molar-refractivity contribution in [3.63, 3.8) is 0 Å². The number of ether oxygens (including phenoxy) is 1. The first-order valence-electron chi connectivity index (χ1n) is 11.5. The summed E-state index contributed by atoms with van der Waals surface area (Å²) in [5.74, 6) is 0.820. The lowest BCUT2D eigenvalue weighted by atomic mass is 10.0. The molecule has 4 aromatic rings. The maximum absolute atomic E-state index is 13.6. The smallest absolute Gasteiger partial charge is 0.278 e. The van der Waals surface area contributed by atoms with Crippen LogP contribution < -0.4 is 10.3 Å². The number of piperidine rings is 1. The molecule has 1 unspecified atom stereocenters. The summed E-state index contributed by atoms with van der Waals surface area (Å²) in [6, 6.07) is 15.6. The van der Waals surface area contributed by atoms with Gasteiger partial charge in [-0.05, 0) is 49.9 Å². The summed E-state index contributed by atoms with van der Waals surface area (Å²) >= 11 is 0. The van der Waals surface area contributed by atoms with Gasteiger partial charge in [0.1, 0.15) is 23.3 Å². The number of nitrogens with zero attached hydrogens (tertiary/aromatic N) is 4. The van der Waals surface area contributed by atoms with Crippen LogP contribution >= 0.6 is 0 Å². The Labute approximate surface area is 192 Å². The molecule has 1 fully saturated rings. The third-order valence-electron chi connectivity index (χ3n) is 6.66. The summed E-state index contributed by atoms with van der Waals surface area (Å²) in [6.07, 6.45) is 4.80. The lowest BCUT2D eigenvalue weighted by Crippen LogP contribution is -2.43. The quantitative estimate of drug-likeness (QED) is 0.469. The van der Waals surface area contributed by atoms with Crippen molar-refractivity contribution in [2.24, 2.45) is 0 Å². The SMILES string of the molecule is COc1ccc(Cn2cnc3c4ccccc4n(CC(=O)N4CCCCC4C)c3c2=O)cc1. The number of para-hydroxylation sites is 1. The van der Waals surface area contributed by atoms with E-state index in [-0.39, 0.29) is 24.1 Å². The fourth-order valence-corrected chi connectivity index (χ4v) is 4.85. The standard InChI is InChI=1S/C26H28N4O3/c1-18-7-5-6-14-29(18)23(31)16-30-22-9-4-3-8-21(22)24-25(30)26(32)28(17-27-24)15-19-10-12-20(33-2)13-11-19/h3-4,8-13,17-18H,5-7,14-16H2,1-2H3. The van der Waals surface area contributed by atoms with Crippen LogP contribution in [-0.4, -0.2) is 44.6 Å². The van der Waals surface area contributed by atoms with Gasteiger partial charge in [0.25, 0.3) is 5.56 Å². The first-order chi connectivity index (χ1) is 16.1. The highest BCUT2D eigenvalue weighted by molar-refractivity contribution is 6.06. The Kier molecular flexibility index (Phi) is 5.62. The zero-order chi connectivity index (χ0) is 22.9. The van der Waals surface area contributed by atoms with Gasteiger partial charge in [0.15, 0.2) is 0 Å². The molecule has 1 amide bonds. The molecule has 0 saturated carbocycles. The van der Waals surface area contributed by atoms with Crippen LogP contribution in [0, 0.1) is 0 Å². The second-order valence-corrected chi connectivity index (χ2v) is 8.76. The number of hydrogen-bond acceptors (Lipinski definition) is 4. The zero-order valence-electron chi connectivity index (χ0n) is 19.0. The van der Waals surface area contributed by atoms with Gasteiger partial charge < -0.3 is 14.2 Å². The number of aromatic nitrogens is 3. The van der Waals surface area contributed by atoms with E-state index in [9.17, 15) is 9.59 Å². The molecule has 0 spiro atoms. The normalized spacial score (nSPS) is 16.4. The van der Waals surface area contributed by atoms with E-state index >= 15 is 0 Å². The molecule has 5 rings (SSSR count). The van der Waals surface area contributed by atoms with Crippen molar-refractivity contribution >= 4 is 27.8 Å². The van der Waals surface area contributed by atoms with E-state index in [4.69, 9.17) is 4.74 Å². The predicted molar refractivity (Wildman–Crippen MR) is 129 cm³/mol. The van der Waals surface area contributed by atoms with Gasteiger partial charge in [-0.15, -0.1) is 0 Å². The molecule has 1 atom stereocenters. The third kappa shape index (κ3) is 3.88. The number of likely N-dealkylation sites (tertiary alicyclic amines) is 1. The van der Waals surface area contributed by atoms with Gasteiger partial charge in [-0.2, -0.15) is 0 Å². The number of carbonyl (C=O) groups excluding carboxylic acids is 1. The van der Waals surface area contributed by atoms with Crippen LogP contribution in [0.25, 0.3) is 21.9 Å². The van der Waals surface area contributed by atoms with Crippen molar-refractivity contribution in [1.29, 1.82) is 0 Å². The number of benzene rings is 2. The molecule has 7 nitrogen and oxygen atoms in total. The van der Waals surface area contributed by atoms with Crippen molar-refractivity contribution in [1.82, 2.24) is 19.0 Å². The van der Waals surface area contributed by atoms with Gasteiger partial charge in [-0.1, -0.05) is 30.3 Å². The molecule has 33 heavy (non-hydrogen) atoms. The van der Waals surface area contributed by atoms with E-state index in [0.29, 0.717) is 17.6 Å². The van der Waals surface area contributed by atoms with Crippen molar-refractivity contribution in [3.05, 3.63) is 70.8 Å². The Morgan fingerprint density at radius 2 is 1.91 bits per heavy atom. The average Bonchev–Trinajstić information content (AvgIpc) is 3.15. The Morgan fingerprint density at radius 3 is 2.67 bits per heavy atom. The first kappa shape index (κ1) is 21.2. The Hall–Kier alpha value is -3.61. The fourth-order valence-electron chi connectivity index (χ4n) is 4.85. The Bertz CT molecular complexity index is 1370. The minimum atomic E-state index is -0.147. The molecule has 2 aromatic heterocycles. The predicted octanol–water partition coefficient (Wildman–Crippen LogP) is 3.81. The third-order valence-corrected chi connectivity index (χ3v) is 6.66. The molecule has 0 aliphatic carbocycles. The number of methoxy groups -OCH3 is 1. The van der Waals surface area contributed by atoms with Gasteiger partial charge >= 0.3 is 0 Å². The number of carbonyl (C=O) groups is 1. The van der Waals surface area contributed by atoms with Gasteiger partial charge in [0.2, 0.25) is 5.91 Å². The number of fused-ring (bicyclic) bond motifs is 3. The van der Waals surface area contributed by atoms with Crippen LogP contribution in [0.3, 0.4) is 0 Å². The van der Waals surface area contributed by atoms with Crippen molar-refractivity contribution in [2.45, 2.75) is 45.3 Å². The Morgan fingerprint density at radius 1 is 1.12 bits per heavy atom. The Balaban J connectivity index is 1.58. The average molecular weight is 445 g/mol. The number of hydrogen-bond donors (Lipinski definition) is 0. The first-order valence-corrected chi connectivity index (χ1v) is 11.5. The maximum Gasteiger partial charge on any atom is 0.278 e. The topological polar surface area (TPSA) is 69.4 Å². The monoisotopic (exact) mass is 444 g/mol. The molecular weight excluding hydrogens is 416 g/mol. The molecule has 0 N–H and O–H groups in total. The summed E-state index contributed by atoms with van der Waals surface area (Å²) in [5.41, 5.74) is 2.80. The molecule has 0 radical (unpaired) electrons. The van der Waals surface area contributed by atoms with Crippen molar-refractivity contribution in [3.8, 4) is 5.75 Å². The van der Waals surface area contributed by atoms with Gasteiger partial charge in [0.05, 0.1) is 25.5 Å². The second kappa shape index (κ2) is 8.73. The van der Waals surface area contributed by atoms with Gasteiger partial charge in [-0.25, -0.2) is 4.98 Å². The molecule has 7 heteroatoms. The molecule has 3 heterocycles. The summed E-state index contributed by atoms with van der Waals surface area (Å²) in [4.78, 5) is 33.5. The lowest BCUT2D eigenvalue weighted by molar-refractivity contribution is -0.134. The van der Waals surface area contributed by atoms with Crippen LogP contribution in [0.1, 0.15) is 31.7 Å². The molecular formula is C26H28N4O3. The molecule has 1 aliphatic heterocycles. The zero-order valence-corrected chi connectivity index (χ0v) is 19.0. The van der Waals surface area contributed by atoms with E-state index in [1.807, 2.05) is 58.0 Å². The molecule has 2 aromatic carbocycles. The number of amides is 1. The van der Waals surface area contributed by atoms with Crippen LogP contribution in [0.15, 0.2) is 59.7 Å². The summed E-state index contributed by atoms with van der Waals surface area (Å²) in [6.45, 7) is 3.41. The summed E-state index contributed by atoms with van der Waals surface area (Å²) < 4.78 is 8.68. The largest absolute Gasteiger partial charge is 0.497 e. The maximum atomic E-state index is 13.6. The minimum Gasteiger partial charge on any atom is -0.497 e. The highest BCUT2D eigenvalue weighted by Crippen LogP contribution is 2.26. The fraction of sp³-hybridized carbons (Fsp3) is 0.346. The summed E-state index contributed by atoms with van der Waals surface area (Å²) in [5, 5.41) is 0.890. The minimum absolute atomic E-state index is 0.0508.